The smallest absolute Gasteiger partial charge is 0.425 e. The first kappa shape index (κ1) is 29.1. The van der Waals surface area contributed by atoms with Crippen molar-refractivity contribution in [3.63, 3.8) is 0 Å². The molecule has 4 aromatic rings. The molecule has 0 unspecified atom stereocenters. The van der Waals surface area contributed by atoms with Gasteiger partial charge in [-0.15, -0.1) is 0 Å². The van der Waals surface area contributed by atoms with E-state index >= 15 is 0 Å². The zero-order valence-corrected chi connectivity index (χ0v) is 22.7. The molecule has 15 nitrogen and oxygen atoms in total. The summed E-state index contributed by atoms with van der Waals surface area (Å²) in [5.74, 6) is -1.80. The Morgan fingerprint density at radius 2 is 1.95 bits per heavy atom. The second-order valence-corrected chi connectivity index (χ2v) is 8.57. The van der Waals surface area contributed by atoms with Crippen molar-refractivity contribution in [1.82, 2.24) is 25.1 Å². The molecule has 3 aromatic heterocycles. The molecule has 0 spiro atoms. The van der Waals surface area contributed by atoms with E-state index in [0.717, 1.165) is 24.0 Å². The number of aldehydes is 1. The third-order valence-electron chi connectivity index (χ3n) is 5.88. The van der Waals surface area contributed by atoms with Crippen LogP contribution in [0.3, 0.4) is 0 Å². The number of aryl methyl sites for hydroxylation is 2. The van der Waals surface area contributed by atoms with Gasteiger partial charge in [0.25, 0.3) is 11.8 Å². The number of amides is 3. The van der Waals surface area contributed by atoms with E-state index in [4.69, 9.17) is 9.26 Å². The number of aromatic nitrogens is 4. The number of nitrogens with one attached hydrogen (secondary N) is 2. The van der Waals surface area contributed by atoms with Gasteiger partial charge in [0.05, 0.1) is 5.56 Å². The minimum atomic E-state index is -1.20. The number of allylic oxidation sites excluding steroid dienone is 1. The summed E-state index contributed by atoms with van der Waals surface area (Å²) >= 11 is 0. The van der Waals surface area contributed by atoms with E-state index in [1.807, 2.05) is 6.92 Å². The lowest BCUT2D eigenvalue weighted by Gasteiger charge is -2.18. The van der Waals surface area contributed by atoms with Crippen LogP contribution in [0, 0.1) is 13.8 Å². The van der Waals surface area contributed by atoms with E-state index < -0.39 is 24.8 Å². The number of anilines is 3. The Balaban J connectivity index is 1.61. The molecule has 1 aromatic carbocycles. The van der Waals surface area contributed by atoms with Gasteiger partial charge in [-0.1, -0.05) is 11.2 Å². The molecular formula is C27H25N7O8. The quantitative estimate of drug-likeness (QED) is 0.122. The number of carbonyl (C=O) groups excluding carboxylic acids is 5. The minimum absolute atomic E-state index is 0.0640. The zero-order valence-electron chi connectivity index (χ0n) is 22.7. The number of ether oxygens (including phenoxy) is 2. The van der Waals surface area contributed by atoms with Gasteiger partial charge in [0.15, 0.2) is 11.6 Å². The monoisotopic (exact) mass is 575 g/mol. The molecule has 0 aliphatic rings. The Hall–Kier alpha value is -5.86. The number of imide groups is 1. The lowest BCUT2D eigenvalue weighted by molar-refractivity contribution is -0.145. The van der Waals surface area contributed by atoms with Gasteiger partial charge in [-0.3, -0.25) is 14.4 Å². The van der Waals surface area contributed by atoms with Crippen LogP contribution in [-0.4, -0.2) is 63.3 Å². The number of benzene rings is 1. The van der Waals surface area contributed by atoms with E-state index in [9.17, 15) is 24.0 Å². The molecule has 216 valence electrons. The van der Waals surface area contributed by atoms with Crippen LogP contribution in [0.25, 0.3) is 5.52 Å². The number of nitrogens with zero attached hydrogens (tertiary/aromatic N) is 5. The molecule has 0 atom stereocenters. The first-order chi connectivity index (χ1) is 20.2. The molecule has 3 heterocycles. The van der Waals surface area contributed by atoms with Gasteiger partial charge in [-0.2, -0.15) is 10.00 Å². The highest BCUT2D eigenvalue weighted by Crippen LogP contribution is 2.28. The Kier molecular flexibility index (Phi) is 9.01. The van der Waals surface area contributed by atoms with Gasteiger partial charge in [0, 0.05) is 36.1 Å². The van der Waals surface area contributed by atoms with Crippen LogP contribution in [0.1, 0.15) is 38.8 Å². The molecule has 0 radical (unpaired) electrons. The first-order valence-corrected chi connectivity index (χ1v) is 12.4. The third kappa shape index (κ3) is 6.30. The summed E-state index contributed by atoms with van der Waals surface area (Å²) in [5, 5.41) is 13.8. The van der Waals surface area contributed by atoms with Crippen molar-refractivity contribution < 1.29 is 38.0 Å². The second kappa shape index (κ2) is 13.0. The van der Waals surface area contributed by atoms with Crippen molar-refractivity contribution in [2.45, 2.75) is 20.8 Å². The highest BCUT2D eigenvalue weighted by atomic mass is 16.7. The van der Waals surface area contributed by atoms with Gasteiger partial charge < -0.3 is 24.6 Å². The predicted molar refractivity (Wildman–Crippen MR) is 146 cm³/mol. The lowest BCUT2D eigenvalue weighted by atomic mass is 10.1. The number of hydrogen-bond acceptors (Lipinski definition) is 12. The summed E-state index contributed by atoms with van der Waals surface area (Å²) in [4.78, 5) is 65.7. The van der Waals surface area contributed by atoms with Crippen LogP contribution in [0.5, 0.6) is 0 Å². The topological polar surface area (TPSA) is 187 Å². The van der Waals surface area contributed by atoms with Crippen LogP contribution < -0.4 is 15.5 Å². The number of rotatable bonds is 10. The number of fused-ring (bicyclic) bond motifs is 1. The van der Waals surface area contributed by atoms with E-state index in [1.165, 1.54) is 29.0 Å². The maximum atomic E-state index is 13.5. The summed E-state index contributed by atoms with van der Waals surface area (Å²) in [7, 11) is 0. The molecular weight excluding hydrogens is 550 g/mol. The van der Waals surface area contributed by atoms with Crippen molar-refractivity contribution in [3.05, 3.63) is 77.5 Å². The van der Waals surface area contributed by atoms with Crippen molar-refractivity contribution in [2.75, 3.05) is 23.6 Å². The van der Waals surface area contributed by atoms with Crippen molar-refractivity contribution >= 4 is 53.0 Å². The number of carbonyl (C=O) groups is 5. The predicted octanol–water partition coefficient (Wildman–Crippen LogP) is 2.87. The second-order valence-electron chi connectivity index (χ2n) is 8.57. The van der Waals surface area contributed by atoms with Gasteiger partial charge in [-0.25, -0.2) is 19.1 Å². The fourth-order valence-corrected chi connectivity index (χ4v) is 3.85. The maximum absolute atomic E-state index is 13.5. The molecule has 2 N–H and O–H groups in total. The molecule has 0 aliphatic carbocycles. The fraction of sp³-hybridized carbons (Fsp3) is 0.185. The summed E-state index contributed by atoms with van der Waals surface area (Å²) < 4.78 is 15.9. The van der Waals surface area contributed by atoms with Crippen LogP contribution >= 0.6 is 0 Å². The van der Waals surface area contributed by atoms with E-state index in [0.29, 0.717) is 45.9 Å². The summed E-state index contributed by atoms with van der Waals surface area (Å²) in [6, 6.07) is 5.93. The molecule has 0 bridgehead atoms. The first-order valence-electron chi connectivity index (χ1n) is 12.4. The van der Waals surface area contributed by atoms with Crippen LogP contribution in [-0.2, 0) is 19.1 Å². The molecule has 0 fully saturated rings. The number of hydrogen-bond donors (Lipinski definition) is 2. The number of esters is 1. The molecule has 3 amide bonds. The Morgan fingerprint density at radius 3 is 2.67 bits per heavy atom. The Labute approximate surface area is 238 Å². The highest BCUT2D eigenvalue weighted by Gasteiger charge is 2.29. The minimum Gasteiger partial charge on any atom is -0.425 e. The fourth-order valence-electron chi connectivity index (χ4n) is 3.85. The molecule has 42 heavy (non-hydrogen) atoms. The van der Waals surface area contributed by atoms with E-state index in [2.05, 4.69) is 30.6 Å². The highest BCUT2D eigenvalue weighted by molar-refractivity contribution is 6.19. The average Bonchev–Trinajstić information content (AvgIpc) is 3.62. The van der Waals surface area contributed by atoms with E-state index in [1.54, 1.807) is 26.1 Å². The lowest BCUT2D eigenvalue weighted by Crippen LogP contribution is -2.38. The SMILES string of the molecule is CCNC(=O)c1cn2ncnc(Nc3cc(C(=O)N(C(=O)OCOC(=O)/C=C/C=O)c4ccon4)ccc3C)c2c1C. The van der Waals surface area contributed by atoms with Crippen LogP contribution in [0.15, 0.2) is 59.7 Å². The van der Waals surface area contributed by atoms with Gasteiger partial charge in [0.2, 0.25) is 6.79 Å². The average molecular weight is 576 g/mol. The van der Waals surface area contributed by atoms with Crippen molar-refractivity contribution in [1.29, 1.82) is 0 Å². The maximum Gasteiger partial charge on any atom is 0.425 e. The molecule has 0 saturated carbocycles. The Bertz CT molecular complexity index is 1680. The summed E-state index contributed by atoms with van der Waals surface area (Å²) in [5.41, 5.74) is 2.92. The zero-order chi connectivity index (χ0) is 30.2. The largest absolute Gasteiger partial charge is 0.425 e. The van der Waals surface area contributed by atoms with Crippen LogP contribution in [0.4, 0.5) is 22.1 Å². The van der Waals surface area contributed by atoms with Crippen molar-refractivity contribution in [2.24, 2.45) is 0 Å². The summed E-state index contributed by atoms with van der Waals surface area (Å²) in [6.45, 7) is 5.03. The molecule has 4 rings (SSSR count). The van der Waals surface area contributed by atoms with Gasteiger partial charge in [-0.05, 0) is 50.1 Å². The standard InChI is InChI=1S/C27H25N7O8/c1-4-28-25(37)19-13-33-23(17(19)3)24(29-14-30-33)31-20-12-18(8-7-16(20)2)26(38)34(21-9-11-42-32-21)27(39)41-15-40-22(36)6-5-10-35/h5-14H,4,15H2,1-3H3,(H,28,37)(H,29,30,31)/b6-5+. The molecule has 15 heteroatoms. The third-order valence-corrected chi connectivity index (χ3v) is 5.88. The normalized spacial score (nSPS) is 10.8. The van der Waals surface area contributed by atoms with Crippen molar-refractivity contribution in [3.8, 4) is 0 Å². The van der Waals surface area contributed by atoms with E-state index in [-0.39, 0.29) is 17.3 Å². The van der Waals surface area contributed by atoms with Crippen LogP contribution in [0.2, 0.25) is 0 Å². The van der Waals surface area contributed by atoms with Gasteiger partial charge >= 0.3 is 12.1 Å². The summed E-state index contributed by atoms with van der Waals surface area (Å²) in [6.07, 6.45) is 5.01. The molecule has 0 aliphatic heterocycles. The molecule has 0 saturated heterocycles. The Morgan fingerprint density at radius 1 is 1.14 bits per heavy atom. The van der Waals surface area contributed by atoms with Gasteiger partial charge in [0.1, 0.15) is 24.4 Å².